The van der Waals surface area contributed by atoms with Crippen molar-refractivity contribution in [2.24, 2.45) is 5.73 Å². The van der Waals surface area contributed by atoms with Crippen LogP contribution in [0.4, 0.5) is 0 Å². The Bertz CT molecular complexity index is 237. The molecule has 0 saturated heterocycles. The summed E-state index contributed by atoms with van der Waals surface area (Å²) >= 11 is 0. The van der Waals surface area contributed by atoms with Crippen molar-refractivity contribution < 1.29 is 5.11 Å². The van der Waals surface area contributed by atoms with Gasteiger partial charge in [-0.3, -0.25) is 4.98 Å². The molecule has 0 fully saturated rings. The summed E-state index contributed by atoms with van der Waals surface area (Å²) in [6, 6.07) is 3.12. The predicted molar refractivity (Wildman–Crippen MR) is 43.1 cm³/mol. The SMILES string of the molecule is CC[C@@H](N)c1ncccc1O. The Balaban J connectivity index is 2.93. The fraction of sp³-hybridized carbons (Fsp3) is 0.375. The zero-order chi connectivity index (χ0) is 8.27. The molecule has 1 aromatic heterocycles. The van der Waals surface area contributed by atoms with Crippen LogP contribution in [0.3, 0.4) is 0 Å². The molecule has 1 atom stereocenters. The normalized spacial score (nSPS) is 12.9. The number of nitrogens with two attached hydrogens (primary N) is 1. The number of rotatable bonds is 2. The summed E-state index contributed by atoms with van der Waals surface area (Å²) in [5.41, 5.74) is 6.25. The van der Waals surface area contributed by atoms with Gasteiger partial charge >= 0.3 is 0 Å². The van der Waals surface area contributed by atoms with E-state index in [1.165, 1.54) is 0 Å². The van der Waals surface area contributed by atoms with E-state index in [0.717, 1.165) is 6.42 Å². The first-order valence-corrected chi connectivity index (χ1v) is 3.65. The van der Waals surface area contributed by atoms with Gasteiger partial charge in [0.15, 0.2) is 0 Å². The van der Waals surface area contributed by atoms with Gasteiger partial charge in [0.2, 0.25) is 0 Å². The van der Waals surface area contributed by atoms with Crippen LogP contribution in [-0.2, 0) is 0 Å². The van der Waals surface area contributed by atoms with E-state index in [1.807, 2.05) is 6.92 Å². The van der Waals surface area contributed by atoms with E-state index in [9.17, 15) is 5.11 Å². The average Bonchev–Trinajstić information content (AvgIpc) is 2.04. The van der Waals surface area contributed by atoms with E-state index in [1.54, 1.807) is 18.3 Å². The Hall–Kier alpha value is -1.09. The molecule has 0 amide bonds. The molecule has 1 aromatic rings. The monoisotopic (exact) mass is 152 g/mol. The average molecular weight is 152 g/mol. The van der Waals surface area contributed by atoms with Gasteiger partial charge in [0.05, 0.1) is 11.7 Å². The van der Waals surface area contributed by atoms with Crippen LogP contribution >= 0.6 is 0 Å². The molecule has 1 rings (SSSR count). The van der Waals surface area contributed by atoms with Gasteiger partial charge in [0.1, 0.15) is 5.75 Å². The highest BCUT2D eigenvalue weighted by atomic mass is 16.3. The van der Waals surface area contributed by atoms with Crippen molar-refractivity contribution >= 4 is 0 Å². The van der Waals surface area contributed by atoms with E-state index in [4.69, 9.17) is 5.73 Å². The third-order valence-electron chi connectivity index (χ3n) is 1.61. The van der Waals surface area contributed by atoms with Crippen LogP contribution in [0.25, 0.3) is 0 Å². The van der Waals surface area contributed by atoms with Crippen LogP contribution < -0.4 is 5.73 Å². The molecule has 0 bridgehead atoms. The van der Waals surface area contributed by atoms with E-state index in [0.29, 0.717) is 5.69 Å². The molecule has 0 radical (unpaired) electrons. The largest absolute Gasteiger partial charge is 0.506 e. The lowest BCUT2D eigenvalue weighted by Crippen LogP contribution is -2.10. The molecule has 3 nitrogen and oxygen atoms in total. The molecule has 3 N–H and O–H groups in total. The van der Waals surface area contributed by atoms with E-state index in [2.05, 4.69) is 4.98 Å². The van der Waals surface area contributed by atoms with Crippen LogP contribution in [0, 0.1) is 0 Å². The minimum atomic E-state index is -0.156. The van der Waals surface area contributed by atoms with Crippen molar-refractivity contribution in [2.75, 3.05) is 0 Å². The molecule has 11 heavy (non-hydrogen) atoms. The predicted octanol–water partition coefficient (Wildman–Crippen LogP) is 1.20. The molecule has 0 saturated carbocycles. The molecule has 0 aromatic carbocycles. The molecule has 60 valence electrons. The summed E-state index contributed by atoms with van der Waals surface area (Å²) in [5, 5.41) is 9.27. The number of pyridine rings is 1. The van der Waals surface area contributed by atoms with Gasteiger partial charge in [-0.15, -0.1) is 0 Å². The minimum Gasteiger partial charge on any atom is -0.506 e. The Labute approximate surface area is 65.9 Å². The quantitative estimate of drug-likeness (QED) is 0.669. The van der Waals surface area contributed by atoms with Crippen LogP contribution in [0.1, 0.15) is 25.1 Å². The molecule has 1 heterocycles. The number of nitrogens with zero attached hydrogens (tertiary/aromatic N) is 1. The van der Waals surface area contributed by atoms with Gasteiger partial charge in [0, 0.05) is 6.20 Å². The summed E-state index contributed by atoms with van der Waals surface area (Å²) in [7, 11) is 0. The standard InChI is InChI=1S/C8H12N2O/c1-2-6(9)8-7(11)4-3-5-10-8/h3-6,11H,2,9H2,1H3/t6-/m1/s1. The zero-order valence-electron chi connectivity index (χ0n) is 6.49. The topological polar surface area (TPSA) is 59.1 Å². The summed E-state index contributed by atoms with van der Waals surface area (Å²) in [6.45, 7) is 1.96. The second-order valence-corrected chi connectivity index (χ2v) is 2.42. The van der Waals surface area contributed by atoms with E-state index in [-0.39, 0.29) is 11.8 Å². The van der Waals surface area contributed by atoms with Crippen molar-refractivity contribution in [1.82, 2.24) is 4.98 Å². The van der Waals surface area contributed by atoms with Gasteiger partial charge in [0.25, 0.3) is 0 Å². The van der Waals surface area contributed by atoms with Crippen molar-refractivity contribution in [1.29, 1.82) is 0 Å². The van der Waals surface area contributed by atoms with E-state index >= 15 is 0 Å². The molecule has 0 aliphatic carbocycles. The Kier molecular flexibility index (Phi) is 2.44. The molecular formula is C8H12N2O. The van der Waals surface area contributed by atoms with Crippen LogP contribution in [0.5, 0.6) is 5.75 Å². The first kappa shape index (κ1) is 8.01. The lowest BCUT2D eigenvalue weighted by Gasteiger charge is -2.08. The van der Waals surface area contributed by atoms with Crippen molar-refractivity contribution in [3.63, 3.8) is 0 Å². The molecule has 0 aliphatic heterocycles. The molecule has 3 heteroatoms. The zero-order valence-corrected chi connectivity index (χ0v) is 6.49. The minimum absolute atomic E-state index is 0.156. The van der Waals surface area contributed by atoms with Crippen molar-refractivity contribution in [2.45, 2.75) is 19.4 Å². The molecule has 0 spiro atoms. The fourth-order valence-corrected chi connectivity index (χ4v) is 0.888. The van der Waals surface area contributed by atoms with Gasteiger partial charge in [-0.1, -0.05) is 6.92 Å². The van der Waals surface area contributed by atoms with Gasteiger partial charge in [-0.05, 0) is 18.6 Å². The maximum Gasteiger partial charge on any atom is 0.138 e. The summed E-state index contributed by atoms with van der Waals surface area (Å²) in [5.74, 6) is 0.182. The third-order valence-corrected chi connectivity index (χ3v) is 1.61. The second kappa shape index (κ2) is 3.34. The first-order chi connectivity index (χ1) is 5.25. The number of hydrogen-bond donors (Lipinski definition) is 2. The molecular weight excluding hydrogens is 140 g/mol. The lowest BCUT2D eigenvalue weighted by molar-refractivity contribution is 0.454. The maximum absolute atomic E-state index is 9.27. The fourth-order valence-electron chi connectivity index (χ4n) is 0.888. The number of hydrogen-bond acceptors (Lipinski definition) is 3. The maximum atomic E-state index is 9.27. The van der Waals surface area contributed by atoms with Crippen LogP contribution in [0.15, 0.2) is 18.3 Å². The highest BCUT2D eigenvalue weighted by Gasteiger charge is 2.08. The van der Waals surface area contributed by atoms with Crippen LogP contribution in [-0.4, -0.2) is 10.1 Å². The van der Waals surface area contributed by atoms with Crippen molar-refractivity contribution in [3.05, 3.63) is 24.0 Å². The summed E-state index contributed by atoms with van der Waals surface area (Å²) < 4.78 is 0. The van der Waals surface area contributed by atoms with Gasteiger partial charge in [-0.2, -0.15) is 0 Å². The molecule has 0 aliphatic rings. The van der Waals surface area contributed by atoms with E-state index < -0.39 is 0 Å². The molecule has 0 unspecified atom stereocenters. The van der Waals surface area contributed by atoms with Gasteiger partial charge < -0.3 is 10.8 Å². The van der Waals surface area contributed by atoms with Gasteiger partial charge in [-0.25, -0.2) is 0 Å². The third kappa shape index (κ3) is 1.68. The van der Waals surface area contributed by atoms with Crippen molar-refractivity contribution in [3.8, 4) is 5.75 Å². The highest BCUT2D eigenvalue weighted by Crippen LogP contribution is 2.20. The summed E-state index contributed by atoms with van der Waals surface area (Å²) in [4.78, 5) is 3.97. The Morgan fingerprint density at radius 3 is 3.00 bits per heavy atom. The lowest BCUT2D eigenvalue weighted by atomic mass is 10.1. The first-order valence-electron chi connectivity index (χ1n) is 3.65. The summed E-state index contributed by atoms with van der Waals surface area (Å²) in [6.07, 6.45) is 2.41. The second-order valence-electron chi connectivity index (χ2n) is 2.42. The van der Waals surface area contributed by atoms with Crippen LogP contribution in [0.2, 0.25) is 0 Å². The number of aromatic nitrogens is 1. The Morgan fingerprint density at radius 2 is 2.45 bits per heavy atom. The smallest absolute Gasteiger partial charge is 0.138 e. The highest BCUT2D eigenvalue weighted by molar-refractivity contribution is 5.27. The Morgan fingerprint density at radius 1 is 1.73 bits per heavy atom. The number of aromatic hydroxyl groups is 1.